The minimum atomic E-state index is -1.10. The highest BCUT2D eigenvalue weighted by atomic mass is 16.4. The lowest BCUT2D eigenvalue weighted by atomic mass is 10.0. The van der Waals surface area contributed by atoms with Crippen molar-refractivity contribution in [1.29, 1.82) is 0 Å². The molecule has 4 nitrogen and oxygen atoms in total. The number of phenolic OH excluding ortho intramolecular Hbond substituents is 1. The van der Waals surface area contributed by atoms with Gasteiger partial charge in [0.1, 0.15) is 11.5 Å². The molecule has 2 aromatic rings. The molecule has 82 valence electrons. The van der Waals surface area contributed by atoms with E-state index in [-0.39, 0.29) is 11.3 Å². The Morgan fingerprint density at radius 1 is 1.38 bits per heavy atom. The van der Waals surface area contributed by atoms with E-state index < -0.39 is 5.97 Å². The summed E-state index contributed by atoms with van der Waals surface area (Å²) in [4.78, 5) is 11.0. The van der Waals surface area contributed by atoms with Gasteiger partial charge in [-0.15, -0.1) is 0 Å². The lowest BCUT2D eigenvalue weighted by molar-refractivity contribution is 0.0697. The highest BCUT2D eigenvalue weighted by molar-refractivity contribution is 5.96. The summed E-state index contributed by atoms with van der Waals surface area (Å²) in [6.07, 6.45) is 1.48. The Balaban J connectivity index is 2.68. The van der Waals surface area contributed by atoms with Gasteiger partial charge in [0, 0.05) is 5.56 Å². The number of carboxylic acid groups (broad SMARTS) is 1. The summed E-state index contributed by atoms with van der Waals surface area (Å²) in [7, 11) is 0. The van der Waals surface area contributed by atoms with E-state index >= 15 is 0 Å². The molecule has 1 aromatic heterocycles. The number of aromatic hydroxyl groups is 1. The summed E-state index contributed by atoms with van der Waals surface area (Å²) in [5, 5.41) is 18.5. The van der Waals surface area contributed by atoms with Gasteiger partial charge in [-0.05, 0) is 36.8 Å². The predicted octanol–water partition coefficient (Wildman–Crippen LogP) is 2.66. The van der Waals surface area contributed by atoms with Crippen molar-refractivity contribution in [1.82, 2.24) is 0 Å². The third kappa shape index (κ3) is 1.65. The second kappa shape index (κ2) is 3.73. The molecular formula is C12H10O4. The van der Waals surface area contributed by atoms with Crippen LogP contribution in [0.15, 0.2) is 34.9 Å². The molecule has 2 rings (SSSR count). The molecule has 1 aromatic carbocycles. The highest BCUT2D eigenvalue weighted by Crippen LogP contribution is 2.30. The molecular weight excluding hydrogens is 208 g/mol. The van der Waals surface area contributed by atoms with Gasteiger partial charge in [-0.25, -0.2) is 4.79 Å². The van der Waals surface area contributed by atoms with E-state index in [4.69, 9.17) is 9.52 Å². The van der Waals surface area contributed by atoms with Crippen molar-refractivity contribution in [2.75, 3.05) is 0 Å². The second-order valence-electron chi connectivity index (χ2n) is 3.47. The first kappa shape index (κ1) is 10.3. The lowest BCUT2D eigenvalue weighted by Crippen LogP contribution is -1.99. The number of hydrogen-bond donors (Lipinski definition) is 2. The topological polar surface area (TPSA) is 70.7 Å². The molecule has 0 radical (unpaired) electrons. The number of aromatic carboxylic acids is 1. The second-order valence-corrected chi connectivity index (χ2v) is 3.47. The monoisotopic (exact) mass is 218 g/mol. The van der Waals surface area contributed by atoms with Crippen molar-refractivity contribution < 1.29 is 19.4 Å². The molecule has 0 atom stereocenters. The molecule has 4 heteroatoms. The number of phenols is 1. The summed E-state index contributed by atoms with van der Waals surface area (Å²) in [5.74, 6) is -0.657. The zero-order chi connectivity index (χ0) is 11.7. The van der Waals surface area contributed by atoms with Crippen LogP contribution in [0.5, 0.6) is 5.75 Å². The molecule has 0 amide bonds. The van der Waals surface area contributed by atoms with Crippen LogP contribution in [0.4, 0.5) is 0 Å². The largest absolute Gasteiger partial charge is 0.508 e. The maximum atomic E-state index is 11.0. The van der Waals surface area contributed by atoms with Gasteiger partial charge in [0.15, 0.2) is 0 Å². The van der Waals surface area contributed by atoms with Crippen LogP contribution in [0.25, 0.3) is 11.3 Å². The fraction of sp³-hybridized carbons (Fsp3) is 0.0833. The van der Waals surface area contributed by atoms with Crippen LogP contribution in [0, 0.1) is 6.92 Å². The number of benzene rings is 1. The minimum absolute atomic E-state index is 0.0260. The Morgan fingerprint density at radius 2 is 2.12 bits per heavy atom. The van der Waals surface area contributed by atoms with Gasteiger partial charge < -0.3 is 14.6 Å². The average molecular weight is 218 g/mol. The zero-order valence-electron chi connectivity index (χ0n) is 8.60. The van der Waals surface area contributed by atoms with E-state index in [1.54, 1.807) is 25.1 Å². The minimum Gasteiger partial charge on any atom is -0.508 e. The average Bonchev–Trinajstić information content (AvgIpc) is 2.74. The first-order chi connectivity index (χ1) is 7.59. The Morgan fingerprint density at radius 3 is 2.69 bits per heavy atom. The molecule has 1 heterocycles. The van der Waals surface area contributed by atoms with Crippen LogP contribution in [-0.2, 0) is 0 Å². The number of aryl methyl sites for hydroxylation is 1. The fourth-order valence-electron chi connectivity index (χ4n) is 1.51. The number of rotatable bonds is 2. The van der Waals surface area contributed by atoms with E-state index in [2.05, 4.69) is 0 Å². The SMILES string of the molecule is Cc1cc(-c2ccco2)c(C(=O)O)cc1O. The van der Waals surface area contributed by atoms with Crippen molar-refractivity contribution in [3.63, 3.8) is 0 Å². The van der Waals surface area contributed by atoms with E-state index in [0.29, 0.717) is 16.9 Å². The van der Waals surface area contributed by atoms with Crippen molar-refractivity contribution in [2.45, 2.75) is 6.92 Å². The van der Waals surface area contributed by atoms with Crippen molar-refractivity contribution in [3.05, 3.63) is 41.7 Å². The number of hydrogen-bond acceptors (Lipinski definition) is 3. The Bertz CT molecular complexity index is 526. The van der Waals surface area contributed by atoms with Crippen LogP contribution in [0.3, 0.4) is 0 Å². The van der Waals surface area contributed by atoms with E-state index in [1.807, 2.05) is 0 Å². The van der Waals surface area contributed by atoms with Crippen LogP contribution >= 0.6 is 0 Å². The molecule has 16 heavy (non-hydrogen) atoms. The van der Waals surface area contributed by atoms with Gasteiger partial charge >= 0.3 is 5.97 Å². The van der Waals surface area contributed by atoms with Gasteiger partial charge in [-0.2, -0.15) is 0 Å². The van der Waals surface area contributed by atoms with Crippen molar-refractivity contribution in [3.8, 4) is 17.1 Å². The van der Waals surface area contributed by atoms with Gasteiger partial charge in [0.2, 0.25) is 0 Å². The maximum Gasteiger partial charge on any atom is 0.336 e. The summed E-state index contributed by atoms with van der Waals surface area (Å²) >= 11 is 0. The first-order valence-electron chi connectivity index (χ1n) is 4.70. The molecule has 0 spiro atoms. The summed E-state index contributed by atoms with van der Waals surface area (Å²) in [5.41, 5.74) is 1.10. The van der Waals surface area contributed by atoms with Crippen molar-refractivity contribution in [2.24, 2.45) is 0 Å². The molecule has 0 aliphatic carbocycles. The quantitative estimate of drug-likeness (QED) is 0.812. The van der Waals surface area contributed by atoms with Crippen LogP contribution in [0.1, 0.15) is 15.9 Å². The lowest BCUT2D eigenvalue weighted by Gasteiger charge is -2.06. The Labute approximate surface area is 91.8 Å². The van der Waals surface area contributed by atoms with Crippen LogP contribution in [0.2, 0.25) is 0 Å². The summed E-state index contributed by atoms with van der Waals surface area (Å²) < 4.78 is 5.16. The summed E-state index contributed by atoms with van der Waals surface area (Å²) in [6.45, 7) is 1.70. The smallest absolute Gasteiger partial charge is 0.336 e. The maximum absolute atomic E-state index is 11.0. The zero-order valence-corrected chi connectivity index (χ0v) is 8.60. The molecule has 0 saturated heterocycles. The van der Waals surface area contributed by atoms with Crippen LogP contribution in [-0.4, -0.2) is 16.2 Å². The Kier molecular flexibility index (Phi) is 2.40. The molecule has 0 fully saturated rings. The van der Waals surface area contributed by atoms with Gasteiger partial charge in [0.05, 0.1) is 11.8 Å². The normalized spacial score (nSPS) is 10.3. The molecule has 0 aliphatic rings. The standard InChI is InChI=1S/C12H10O4/c1-7-5-8(11-3-2-4-16-11)9(12(14)15)6-10(7)13/h2-6,13H,1H3,(H,14,15). The number of carbonyl (C=O) groups is 1. The fourth-order valence-corrected chi connectivity index (χ4v) is 1.51. The van der Waals surface area contributed by atoms with Gasteiger partial charge in [0.25, 0.3) is 0 Å². The predicted molar refractivity (Wildman–Crippen MR) is 57.5 cm³/mol. The molecule has 0 unspecified atom stereocenters. The molecule has 0 bridgehead atoms. The van der Waals surface area contributed by atoms with E-state index in [9.17, 15) is 9.90 Å². The highest BCUT2D eigenvalue weighted by Gasteiger charge is 2.16. The van der Waals surface area contributed by atoms with Crippen LogP contribution < -0.4 is 0 Å². The molecule has 2 N–H and O–H groups in total. The van der Waals surface area contributed by atoms with E-state index in [1.165, 1.54) is 12.3 Å². The first-order valence-corrected chi connectivity index (χ1v) is 4.70. The third-order valence-corrected chi connectivity index (χ3v) is 2.35. The number of carboxylic acids is 1. The molecule has 0 saturated carbocycles. The third-order valence-electron chi connectivity index (χ3n) is 2.35. The van der Waals surface area contributed by atoms with Gasteiger partial charge in [-0.3, -0.25) is 0 Å². The number of furan rings is 1. The molecule has 0 aliphatic heterocycles. The summed E-state index contributed by atoms with van der Waals surface area (Å²) in [6, 6.07) is 6.19. The Hall–Kier alpha value is -2.23. The van der Waals surface area contributed by atoms with Gasteiger partial charge in [-0.1, -0.05) is 0 Å². The van der Waals surface area contributed by atoms with E-state index in [0.717, 1.165) is 0 Å². The van der Waals surface area contributed by atoms with Crippen molar-refractivity contribution >= 4 is 5.97 Å².